The van der Waals surface area contributed by atoms with Crippen LogP contribution in [0.4, 0.5) is 33.4 Å². The predicted molar refractivity (Wildman–Crippen MR) is 236 cm³/mol. The summed E-state index contributed by atoms with van der Waals surface area (Å²) < 4.78 is 44.5. The van der Waals surface area contributed by atoms with Gasteiger partial charge in [0.25, 0.3) is 5.91 Å². The van der Waals surface area contributed by atoms with Crippen molar-refractivity contribution in [2.75, 3.05) is 54.3 Å². The Bertz CT molecular complexity index is 2450. The molecule has 5 aromatic rings. The predicted octanol–water partition coefficient (Wildman–Crippen LogP) is 8.54. The number of nitrogens with zero attached hydrogens (tertiary/aromatic N) is 1. The zero-order valence-electron chi connectivity index (χ0n) is 34.9. The molecule has 6 N–H and O–H groups in total. The van der Waals surface area contributed by atoms with E-state index >= 15 is 0 Å². The number of hydroxylamine groups is 1. The minimum atomic E-state index is -3.65. The number of rotatable bonds is 14. The van der Waals surface area contributed by atoms with Gasteiger partial charge in [-0.1, -0.05) is 52.0 Å². The molecule has 60 heavy (non-hydrogen) atoms. The van der Waals surface area contributed by atoms with Crippen molar-refractivity contribution in [2.24, 2.45) is 5.92 Å². The Balaban J connectivity index is 1.17. The fourth-order valence-electron chi connectivity index (χ4n) is 7.07. The molecule has 6 rings (SSSR count). The zero-order chi connectivity index (χ0) is 43.0. The highest BCUT2D eigenvalue weighted by Crippen LogP contribution is 2.40. The number of sulfonamides is 1. The molecule has 1 aliphatic heterocycles. The third-order valence-electron chi connectivity index (χ3n) is 10.1. The van der Waals surface area contributed by atoms with Crippen LogP contribution in [0, 0.1) is 5.92 Å². The van der Waals surface area contributed by atoms with E-state index in [4.69, 9.17) is 19.0 Å². The van der Waals surface area contributed by atoms with E-state index < -0.39 is 16.1 Å². The van der Waals surface area contributed by atoms with Gasteiger partial charge in [0.05, 0.1) is 49.7 Å². The first-order valence-electron chi connectivity index (χ1n) is 19.7. The van der Waals surface area contributed by atoms with Crippen LogP contribution in [0.1, 0.15) is 62.9 Å². The first kappa shape index (κ1) is 43.5. The maximum atomic E-state index is 13.5. The monoisotopic (exact) mass is 839 g/mol. The maximum Gasteiger partial charge on any atom is 0.323 e. The molecule has 1 aliphatic rings. The maximum absolute atomic E-state index is 13.5. The van der Waals surface area contributed by atoms with Gasteiger partial charge < -0.3 is 40.3 Å². The number of amides is 3. The summed E-state index contributed by atoms with van der Waals surface area (Å²) in [6.45, 7) is 9.34. The van der Waals surface area contributed by atoms with E-state index in [1.165, 1.54) is 14.2 Å². The van der Waals surface area contributed by atoms with Gasteiger partial charge in [-0.3, -0.25) is 9.52 Å². The molecular weight excluding hydrogens is 787 g/mol. The Kier molecular flexibility index (Phi) is 13.7. The number of fused-ring (bicyclic) bond motifs is 1. The van der Waals surface area contributed by atoms with E-state index in [1.807, 2.05) is 45.0 Å². The number of anilines is 5. The second kappa shape index (κ2) is 18.9. The number of aromatic nitrogens is 1. The van der Waals surface area contributed by atoms with Crippen molar-refractivity contribution >= 4 is 61.3 Å². The van der Waals surface area contributed by atoms with E-state index in [9.17, 15) is 18.0 Å². The molecule has 1 fully saturated rings. The second-order valence-corrected chi connectivity index (χ2v) is 17.3. The summed E-state index contributed by atoms with van der Waals surface area (Å²) in [6.07, 6.45) is 5.35. The number of carbonyl (C=O) groups is 2. The molecule has 2 unspecified atom stereocenters. The van der Waals surface area contributed by atoms with Crippen molar-refractivity contribution in [1.29, 1.82) is 0 Å². The molecule has 318 valence electrons. The highest BCUT2D eigenvalue weighted by molar-refractivity contribution is 7.92. The molecule has 1 saturated heterocycles. The molecule has 0 bridgehead atoms. The van der Waals surface area contributed by atoms with E-state index in [1.54, 1.807) is 60.8 Å². The Morgan fingerprint density at radius 3 is 2.38 bits per heavy atom. The van der Waals surface area contributed by atoms with E-state index in [0.717, 1.165) is 36.5 Å². The quantitative estimate of drug-likeness (QED) is 0.0629. The molecule has 1 aromatic heterocycles. The largest absolute Gasteiger partial charge is 0.496 e. The van der Waals surface area contributed by atoms with Gasteiger partial charge in [-0.15, -0.1) is 0 Å². The lowest BCUT2D eigenvalue weighted by Crippen LogP contribution is -2.43. The van der Waals surface area contributed by atoms with Gasteiger partial charge in [-0.05, 0) is 78.6 Å². The fourth-order valence-corrected chi connectivity index (χ4v) is 7.62. The molecular formula is C44H53N7O8S. The molecule has 0 aliphatic carbocycles. The summed E-state index contributed by atoms with van der Waals surface area (Å²) in [4.78, 5) is 36.8. The molecule has 16 heteroatoms. The van der Waals surface area contributed by atoms with Crippen LogP contribution in [0.25, 0.3) is 10.8 Å². The first-order valence-corrected chi connectivity index (χ1v) is 21.6. The summed E-state index contributed by atoms with van der Waals surface area (Å²) in [6, 6.07) is 22.7. The van der Waals surface area contributed by atoms with Crippen LogP contribution in [-0.4, -0.2) is 65.0 Å². The number of hydrogen-bond acceptors (Lipinski definition) is 11. The van der Waals surface area contributed by atoms with Gasteiger partial charge in [0.1, 0.15) is 23.1 Å². The summed E-state index contributed by atoms with van der Waals surface area (Å²) in [5.41, 5.74) is 5.52. The second-order valence-electron chi connectivity index (χ2n) is 15.6. The molecule has 0 radical (unpaired) electrons. The van der Waals surface area contributed by atoms with Crippen LogP contribution in [0.15, 0.2) is 85.1 Å². The van der Waals surface area contributed by atoms with E-state index in [2.05, 4.69) is 43.4 Å². The fraction of sp³-hybridized carbons (Fsp3) is 0.341. The van der Waals surface area contributed by atoms with Crippen LogP contribution in [0.5, 0.6) is 23.0 Å². The number of carbonyl (C=O) groups excluding carboxylic acids is 2. The van der Waals surface area contributed by atoms with Gasteiger partial charge in [0.15, 0.2) is 5.75 Å². The molecule has 2 atom stereocenters. The number of benzene rings is 4. The third kappa shape index (κ3) is 10.9. The number of urea groups is 1. The minimum Gasteiger partial charge on any atom is -0.496 e. The standard InChI is InChI=1S/C44H53N7O8S/c1-8-34(27-12-11-21-58-46-26-27)48-42(52)33-16-15-29(24-39(33)56-5)47-40-25-30(19-20-45-40)59-38-18-17-35(31-13-9-10-14-32(31)38)49-43(53)50-36-22-28(44(2,3)4)23-37(41(36)57-6)51-60(7,54)55/h9-10,13-20,22-25,27,34,46,51H,8,11-12,21,26H2,1-7H3,(H,45,47)(H,48,52)(H2,49,50,53). The lowest BCUT2D eigenvalue weighted by Gasteiger charge is -2.26. The number of hydrogen-bond donors (Lipinski definition) is 6. The van der Waals surface area contributed by atoms with Gasteiger partial charge in [-0.25, -0.2) is 23.7 Å². The van der Waals surface area contributed by atoms with Crippen molar-refractivity contribution in [2.45, 2.75) is 58.4 Å². The van der Waals surface area contributed by atoms with E-state index in [-0.39, 0.29) is 34.7 Å². The third-order valence-corrected chi connectivity index (χ3v) is 10.7. The molecule has 4 aromatic carbocycles. The van der Waals surface area contributed by atoms with Gasteiger partial charge in [0.2, 0.25) is 10.0 Å². The molecule has 3 amide bonds. The lowest BCUT2D eigenvalue weighted by molar-refractivity contribution is 0.0472. The molecule has 15 nitrogen and oxygen atoms in total. The highest BCUT2D eigenvalue weighted by atomic mass is 32.2. The van der Waals surface area contributed by atoms with Crippen LogP contribution >= 0.6 is 0 Å². The zero-order valence-corrected chi connectivity index (χ0v) is 35.7. The summed E-state index contributed by atoms with van der Waals surface area (Å²) in [5.74, 6) is 2.18. The number of methoxy groups -OCH3 is 2. The summed E-state index contributed by atoms with van der Waals surface area (Å²) in [7, 11) is -0.709. The summed E-state index contributed by atoms with van der Waals surface area (Å²) >= 11 is 0. The average Bonchev–Trinajstić information content (AvgIpc) is 3.49. The van der Waals surface area contributed by atoms with Crippen molar-refractivity contribution in [3.63, 3.8) is 0 Å². The Hall–Kier alpha value is -6.10. The van der Waals surface area contributed by atoms with Gasteiger partial charge in [0, 0.05) is 47.4 Å². The van der Waals surface area contributed by atoms with Crippen molar-refractivity contribution in [3.05, 3.63) is 96.2 Å². The number of ether oxygens (including phenoxy) is 3. The van der Waals surface area contributed by atoms with Gasteiger partial charge in [-0.2, -0.15) is 0 Å². The van der Waals surface area contributed by atoms with Crippen LogP contribution < -0.4 is 45.7 Å². The normalized spacial score (nSPS) is 14.9. The SMILES string of the molecule is CCC(NC(=O)c1ccc(Nc2cc(Oc3ccc(NC(=O)Nc4cc(C(C)(C)C)cc(NS(C)(=O)=O)c4OC)c4ccccc34)ccn2)cc1OC)C1CCCONC1. The topological polar surface area (TPSA) is 190 Å². The number of pyridine rings is 1. The van der Waals surface area contributed by atoms with Crippen LogP contribution in [0.2, 0.25) is 0 Å². The molecule has 2 heterocycles. The minimum absolute atomic E-state index is 0.0138. The van der Waals surface area contributed by atoms with Crippen LogP contribution in [0.3, 0.4) is 0 Å². The highest BCUT2D eigenvalue weighted by Gasteiger charge is 2.26. The lowest BCUT2D eigenvalue weighted by atomic mass is 9.86. The Morgan fingerprint density at radius 2 is 1.67 bits per heavy atom. The van der Waals surface area contributed by atoms with Gasteiger partial charge >= 0.3 is 6.03 Å². The van der Waals surface area contributed by atoms with Crippen LogP contribution in [-0.2, 0) is 20.3 Å². The number of nitrogens with one attached hydrogen (secondary N) is 6. The van der Waals surface area contributed by atoms with Crippen molar-refractivity contribution in [1.82, 2.24) is 15.8 Å². The first-order chi connectivity index (χ1) is 28.6. The summed E-state index contributed by atoms with van der Waals surface area (Å²) in [5, 5.41) is 13.7. The molecule has 0 spiro atoms. The molecule has 0 saturated carbocycles. The Morgan fingerprint density at radius 1 is 0.917 bits per heavy atom. The van der Waals surface area contributed by atoms with Crippen molar-refractivity contribution < 1.29 is 37.1 Å². The Labute approximate surface area is 350 Å². The van der Waals surface area contributed by atoms with E-state index in [0.29, 0.717) is 64.2 Å². The average molecular weight is 840 g/mol. The smallest absolute Gasteiger partial charge is 0.323 e. The van der Waals surface area contributed by atoms with Crippen molar-refractivity contribution in [3.8, 4) is 23.0 Å².